The third-order valence-electron chi connectivity index (χ3n) is 4.12. The van der Waals surface area contributed by atoms with Crippen LogP contribution in [0.2, 0.25) is 5.02 Å². The van der Waals surface area contributed by atoms with Gasteiger partial charge in [0, 0.05) is 42.0 Å². The molecule has 0 unspecified atom stereocenters. The highest BCUT2D eigenvalue weighted by Gasteiger charge is 2.27. The number of nitrogens with zero attached hydrogens (tertiary/aromatic N) is 2. The second-order valence-corrected chi connectivity index (χ2v) is 6.47. The molecular formula is C19H18ClN3O3. The molecule has 0 bridgehead atoms. The zero-order valence-electron chi connectivity index (χ0n) is 13.9. The highest BCUT2D eigenvalue weighted by molar-refractivity contribution is 6.30. The summed E-state index contributed by atoms with van der Waals surface area (Å²) in [7, 11) is 0. The molecule has 0 saturated carbocycles. The fraction of sp³-hybridized carbons (Fsp3) is 0.211. The number of hydrogen-bond donors (Lipinski definition) is 2. The van der Waals surface area contributed by atoms with Crippen molar-refractivity contribution >= 4 is 35.4 Å². The number of carbonyl (C=O) groups excluding carboxylic acids is 1. The number of carboxylic acid groups (broad SMARTS) is 1. The van der Waals surface area contributed by atoms with E-state index in [-0.39, 0.29) is 11.9 Å². The molecule has 134 valence electrons. The second-order valence-electron chi connectivity index (χ2n) is 6.04. The summed E-state index contributed by atoms with van der Waals surface area (Å²) in [4.78, 5) is 29.1. The molecule has 1 amide bonds. The summed E-state index contributed by atoms with van der Waals surface area (Å²) < 4.78 is 0. The van der Waals surface area contributed by atoms with Gasteiger partial charge in [0.25, 0.3) is 5.91 Å². The van der Waals surface area contributed by atoms with Crippen LogP contribution in [-0.2, 0) is 4.79 Å². The molecular weight excluding hydrogens is 354 g/mol. The van der Waals surface area contributed by atoms with Crippen molar-refractivity contribution in [2.24, 2.45) is 0 Å². The average Bonchev–Trinajstić information content (AvgIpc) is 3.09. The molecule has 1 atom stereocenters. The van der Waals surface area contributed by atoms with E-state index in [1.165, 1.54) is 6.08 Å². The molecule has 1 aliphatic rings. The van der Waals surface area contributed by atoms with Gasteiger partial charge in [-0.15, -0.1) is 0 Å². The Labute approximate surface area is 156 Å². The number of pyridine rings is 1. The van der Waals surface area contributed by atoms with Crippen molar-refractivity contribution in [3.05, 3.63) is 64.8 Å². The van der Waals surface area contributed by atoms with Crippen molar-refractivity contribution in [1.29, 1.82) is 0 Å². The van der Waals surface area contributed by atoms with Crippen molar-refractivity contribution < 1.29 is 14.7 Å². The minimum atomic E-state index is -0.997. The van der Waals surface area contributed by atoms with Crippen LogP contribution >= 0.6 is 11.6 Å². The first-order valence-electron chi connectivity index (χ1n) is 8.20. The van der Waals surface area contributed by atoms with Gasteiger partial charge in [0.2, 0.25) is 0 Å². The maximum absolute atomic E-state index is 12.5. The Morgan fingerprint density at radius 3 is 2.65 bits per heavy atom. The molecule has 26 heavy (non-hydrogen) atoms. The third kappa shape index (κ3) is 4.61. The molecule has 0 spiro atoms. The van der Waals surface area contributed by atoms with Gasteiger partial charge in [-0.3, -0.25) is 4.79 Å². The van der Waals surface area contributed by atoms with Crippen LogP contribution < -0.4 is 5.32 Å². The van der Waals surface area contributed by atoms with Gasteiger partial charge in [-0.2, -0.15) is 0 Å². The Hall–Kier alpha value is -2.86. The Morgan fingerprint density at radius 1 is 1.23 bits per heavy atom. The first-order chi connectivity index (χ1) is 12.5. The quantitative estimate of drug-likeness (QED) is 0.789. The molecule has 3 rings (SSSR count). The molecule has 0 aliphatic carbocycles. The first kappa shape index (κ1) is 17.9. The Morgan fingerprint density at radius 2 is 2.00 bits per heavy atom. The number of nitrogens with one attached hydrogen (secondary N) is 1. The molecule has 1 aromatic heterocycles. The largest absolute Gasteiger partial charge is 0.478 e. The van der Waals surface area contributed by atoms with E-state index in [2.05, 4.69) is 10.3 Å². The number of hydrogen-bond acceptors (Lipinski definition) is 4. The zero-order chi connectivity index (χ0) is 18.5. The van der Waals surface area contributed by atoms with Crippen LogP contribution in [0.25, 0.3) is 6.08 Å². The number of aliphatic carboxylic acids is 1. The standard InChI is InChI=1S/C19H18ClN3O3/c20-15-5-3-14(4-6-15)19(26)23-10-9-16(12-23)22-17-7-1-13(11-21-17)2-8-18(24)25/h1-8,11,16H,9-10,12H2,(H,21,22)(H,24,25)/b8-2+/t16-/m0/s1. The van der Waals surface area contributed by atoms with Crippen molar-refractivity contribution in [2.45, 2.75) is 12.5 Å². The molecule has 7 heteroatoms. The molecule has 0 radical (unpaired) electrons. The van der Waals surface area contributed by atoms with Crippen molar-refractivity contribution in [3.63, 3.8) is 0 Å². The van der Waals surface area contributed by atoms with E-state index < -0.39 is 5.97 Å². The van der Waals surface area contributed by atoms with Crippen molar-refractivity contribution in [3.8, 4) is 0 Å². The van der Waals surface area contributed by atoms with E-state index in [9.17, 15) is 9.59 Å². The van der Waals surface area contributed by atoms with E-state index >= 15 is 0 Å². The highest BCUT2D eigenvalue weighted by Crippen LogP contribution is 2.18. The predicted octanol–water partition coefficient (Wildman–Crippen LogP) is 3.16. The molecule has 2 heterocycles. The van der Waals surface area contributed by atoms with Crippen molar-refractivity contribution in [1.82, 2.24) is 9.88 Å². The van der Waals surface area contributed by atoms with E-state index in [0.29, 0.717) is 35.1 Å². The van der Waals surface area contributed by atoms with E-state index in [1.54, 1.807) is 42.6 Å². The maximum Gasteiger partial charge on any atom is 0.328 e. The van der Waals surface area contributed by atoms with Gasteiger partial charge in [0.15, 0.2) is 0 Å². The SMILES string of the molecule is O=C(O)/C=C/c1ccc(N[C@H]2CCN(C(=O)c3ccc(Cl)cc3)C2)nc1. The molecule has 1 aromatic carbocycles. The smallest absolute Gasteiger partial charge is 0.328 e. The zero-order valence-corrected chi connectivity index (χ0v) is 14.7. The summed E-state index contributed by atoms with van der Waals surface area (Å²) in [5, 5.41) is 12.5. The molecule has 1 saturated heterocycles. The van der Waals surface area contributed by atoms with Crippen LogP contribution in [0, 0.1) is 0 Å². The number of aromatic nitrogens is 1. The Balaban J connectivity index is 1.56. The third-order valence-corrected chi connectivity index (χ3v) is 4.38. The van der Waals surface area contributed by atoms with Crippen LogP contribution in [0.5, 0.6) is 0 Å². The number of carbonyl (C=O) groups is 2. The van der Waals surface area contributed by atoms with Crippen LogP contribution in [-0.4, -0.2) is 46.0 Å². The topological polar surface area (TPSA) is 82.5 Å². The summed E-state index contributed by atoms with van der Waals surface area (Å²) >= 11 is 5.86. The minimum absolute atomic E-state index is 0.00641. The summed E-state index contributed by atoms with van der Waals surface area (Å²) in [5.41, 5.74) is 1.34. The lowest BCUT2D eigenvalue weighted by atomic mass is 10.2. The van der Waals surface area contributed by atoms with Crippen LogP contribution in [0.1, 0.15) is 22.3 Å². The molecule has 2 N–H and O–H groups in total. The number of carboxylic acids is 1. The highest BCUT2D eigenvalue weighted by atomic mass is 35.5. The molecule has 2 aromatic rings. The number of amides is 1. The lowest BCUT2D eigenvalue weighted by Gasteiger charge is -2.17. The van der Waals surface area contributed by atoms with Gasteiger partial charge in [0.1, 0.15) is 5.82 Å². The van der Waals surface area contributed by atoms with E-state index in [0.717, 1.165) is 12.5 Å². The van der Waals surface area contributed by atoms with E-state index in [1.807, 2.05) is 4.90 Å². The van der Waals surface area contributed by atoms with Gasteiger partial charge in [-0.25, -0.2) is 9.78 Å². The molecule has 1 aliphatic heterocycles. The van der Waals surface area contributed by atoms with Gasteiger partial charge < -0.3 is 15.3 Å². The number of anilines is 1. The predicted molar refractivity (Wildman–Crippen MR) is 100 cm³/mol. The normalized spacial score (nSPS) is 16.8. The van der Waals surface area contributed by atoms with Crippen molar-refractivity contribution in [2.75, 3.05) is 18.4 Å². The fourth-order valence-corrected chi connectivity index (χ4v) is 2.93. The Kier molecular flexibility index (Phi) is 5.53. The van der Waals surface area contributed by atoms with Gasteiger partial charge >= 0.3 is 5.97 Å². The van der Waals surface area contributed by atoms with Crippen LogP contribution in [0.15, 0.2) is 48.7 Å². The Bertz CT molecular complexity index is 819. The minimum Gasteiger partial charge on any atom is -0.478 e. The summed E-state index contributed by atoms with van der Waals surface area (Å²) in [5.74, 6) is -0.306. The number of benzene rings is 1. The number of halogens is 1. The van der Waals surface area contributed by atoms with Gasteiger partial charge in [-0.1, -0.05) is 11.6 Å². The summed E-state index contributed by atoms with van der Waals surface area (Å²) in [6.07, 6.45) is 5.00. The van der Waals surface area contributed by atoms with Crippen LogP contribution in [0.3, 0.4) is 0 Å². The molecule has 1 fully saturated rings. The first-order valence-corrected chi connectivity index (χ1v) is 8.57. The van der Waals surface area contributed by atoms with Gasteiger partial charge in [-0.05, 0) is 54.5 Å². The lowest BCUT2D eigenvalue weighted by molar-refractivity contribution is -0.131. The fourth-order valence-electron chi connectivity index (χ4n) is 2.80. The number of likely N-dealkylation sites (tertiary alicyclic amines) is 1. The van der Waals surface area contributed by atoms with E-state index in [4.69, 9.17) is 16.7 Å². The maximum atomic E-state index is 12.5. The van der Waals surface area contributed by atoms with Crippen LogP contribution in [0.4, 0.5) is 5.82 Å². The monoisotopic (exact) mass is 371 g/mol. The molecule has 6 nitrogen and oxygen atoms in total. The second kappa shape index (κ2) is 8.01. The average molecular weight is 372 g/mol. The summed E-state index contributed by atoms with van der Waals surface area (Å²) in [6, 6.07) is 10.6. The van der Waals surface area contributed by atoms with Gasteiger partial charge in [0.05, 0.1) is 0 Å². The number of rotatable bonds is 5. The summed E-state index contributed by atoms with van der Waals surface area (Å²) in [6.45, 7) is 1.28. The lowest BCUT2D eigenvalue weighted by Crippen LogP contribution is -2.31.